The van der Waals surface area contributed by atoms with Gasteiger partial charge in [0.2, 0.25) is 5.91 Å². The zero-order chi connectivity index (χ0) is 12.0. The molecule has 1 rings (SSSR count). The molecule has 0 atom stereocenters. The standard InChI is InChI=1S/C12H21NO3/c1-3-16-9-8-12(15)13(2)10-4-6-11(14)7-5-10/h10H,3-9H2,1-2H3. The van der Waals surface area contributed by atoms with Gasteiger partial charge in [-0.2, -0.15) is 0 Å². The molecule has 92 valence electrons. The topological polar surface area (TPSA) is 46.6 Å². The maximum absolute atomic E-state index is 11.8. The van der Waals surface area contributed by atoms with Crippen molar-refractivity contribution in [2.24, 2.45) is 0 Å². The van der Waals surface area contributed by atoms with Gasteiger partial charge in [-0.3, -0.25) is 9.59 Å². The molecule has 0 saturated heterocycles. The van der Waals surface area contributed by atoms with E-state index in [9.17, 15) is 9.59 Å². The van der Waals surface area contributed by atoms with E-state index in [0.29, 0.717) is 38.3 Å². The van der Waals surface area contributed by atoms with Gasteiger partial charge in [0, 0.05) is 32.5 Å². The molecule has 0 bridgehead atoms. The van der Waals surface area contributed by atoms with Gasteiger partial charge in [-0.05, 0) is 19.8 Å². The summed E-state index contributed by atoms with van der Waals surface area (Å²) in [6.07, 6.45) is 3.31. The fourth-order valence-electron chi connectivity index (χ4n) is 2.00. The number of hydrogen-bond acceptors (Lipinski definition) is 3. The second-order valence-electron chi connectivity index (χ2n) is 4.22. The van der Waals surface area contributed by atoms with Gasteiger partial charge in [0.05, 0.1) is 13.0 Å². The highest BCUT2D eigenvalue weighted by atomic mass is 16.5. The molecule has 0 heterocycles. The van der Waals surface area contributed by atoms with Crippen LogP contribution in [0.4, 0.5) is 0 Å². The van der Waals surface area contributed by atoms with Crippen molar-refractivity contribution in [1.29, 1.82) is 0 Å². The molecule has 0 radical (unpaired) electrons. The number of rotatable bonds is 5. The maximum atomic E-state index is 11.8. The molecule has 4 nitrogen and oxygen atoms in total. The van der Waals surface area contributed by atoms with Crippen molar-refractivity contribution in [3.63, 3.8) is 0 Å². The largest absolute Gasteiger partial charge is 0.381 e. The van der Waals surface area contributed by atoms with Gasteiger partial charge < -0.3 is 9.64 Å². The summed E-state index contributed by atoms with van der Waals surface area (Å²) in [6, 6.07) is 0.242. The van der Waals surface area contributed by atoms with Crippen molar-refractivity contribution in [2.45, 2.75) is 45.1 Å². The van der Waals surface area contributed by atoms with E-state index in [1.165, 1.54) is 0 Å². The summed E-state index contributed by atoms with van der Waals surface area (Å²) in [5.74, 6) is 0.444. The number of nitrogens with zero attached hydrogens (tertiary/aromatic N) is 1. The van der Waals surface area contributed by atoms with E-state index in [-0.39, 0.29) is 11.9 Å². The molecule has 1 amide bonds. The third kappa shape index (κ3) is 3.93. The Morgan fingerprint density at radius 3 is 2.62 bits per heavy atom. The van der Waals surface area contributed by atoms with Gasteiger partial charge in [0.25, 0.3) is 0 Å². The molecule has 0 N–H and O–H groups in total. The SMILES string of the molecule is CCOCCC(=O)N(C)C1CCC(=O)CC1. The first kappa shape index (κ1) is 13.2. The third-order valence-corrected chi connectivity index (χ3v) is 3.12. The Bertz CT molecular complexity index is 243. The predicted octanol–water partition coefficient (Wildman–Crippen LogP) is 1.38. The first-order chi connectivity index (χ1) is 7.65. The van der Waals surface area contributed by atoms with Crippen molar-refractivity contribution in [1.82, 2.24) is 4.90 Å². The van der Waals surface area contributed by atoms with Gasteiger partial charge in [-0.15, -0.1) is 0 Å². The number of carbonyl (C=O) groups is 2. The van der Waals surface area contributed by atoms with Gasteiger partial charge in [-0.25, -0.2) is 0 Å². The number of ketones is 1. The summed E-state index contributed by atoms with van der Waals surface area (Å²) >= 11 is 0. The smallest absolute Gasteiger partial charge is 0.224 e. The van der Waals surface area contributed by atoms with E-state index in [4.69, 9.17) is 4.74 Å². The van der Waals surface area contributed by atoms with Gasteiger partial charge >= 0.3 is 0 Å². The normalized spacial score (nSPS) is 17.5. The van der Waals surface area contributed by atoms with E-state index in [2.05, 4.69) is 0 Å². The van der Waals surface area contributed by atoms with Crippen LogP contribution in [0.3, 0.4) is 0 Å². The summed E-state index contributed by atoms with van der Waals surface area (Å²) in [5, 5.41) is 0. The van der Waals surface area contributed by atoms with Crippen LogP contribution in [0.15, 0.2) is 0 Å². The Labute approximate surface area is 96.9 Å². The fraction of sp³-hybridized carbons (Fsp3) is 0.833. The van der Waals surface area contributed by atoms with Gasteiger partial charge in [0.15, 0.2) is 0 Å². The van der Waals surface area contributed by atoms with E-state index >= 15 is 0 Å². The Morgan fingerprint density at radius 1 is 1.44 bits per heavy atom. The van der Waals surface area contributed by atoms with Crippen molar-refractivity contribution in [3.8, 4) is 0 Å². The fourth-order valence-corrected chi connectivity index (χ4v) is 2.00. The Kier molecular flexibility index (Phi) is 5.46. The second kappa shape index (κ2) is 6.63. The van der Waals surface area contributed by atoms with Crippen molar-refractivity contribution in [3.05, 3.63) is 0 Å². The Hall–Kier alpha value is -0.900. The molecule has 1 aliphatic carbocycles. The first-order valence-electron chi connectivity index (χ1n) is 6.00. The van der Waals surface area contributed by atoms with Crippen LogP contribution in [0.25, 0.3) is 0 Å². The lowest BCUT2D eigenvalue weighted by Crippen LogP contribution is -2.39. The highest BCUT2D eigenvalue weighted by molar-refractivity contribution is 5.80. The van der Waals surface area contributed by atoms with Crippen LogP contribution < -0.4 is 0 Å². The second-order valence-corrected chi connectivity index (χ2v) is 4.22. The van der Waals surface area contributed by atoms with Gasteiger partial charge in [-0.1, -0.05) is 0 Å². The van der Waals surface area contributed by atoms with E-state index < -0.39 is 0 Å². The number of amides is 1. The lowest BCUT2D eigenvalue weighted by molar-refractivity contribution is -0.135. The number of carbonyl (C=O) groups excluding carboxylic acids is 2. The molecular weight excluding hydrogens is 206 g/mol. The van der Waals surface area contributed by atoms with Crippen molar-refractivity contribution >= 4 is 11.7 Å². The molecule has 1 saturated carbocycles. The molecule has 0 aromatic rings. The maximum Gasteiger partial charge on any atom is 0.224 e. The molecule has 1 aliphatic rings. The minimum Gasteiger partial charge on any atom is -0.381 e. The quantitative estimate of drug-likeness (QED) is 0.667. The van der Waals surface area contributed by atoms with Crippen LogP contribution in [0.5, 0.6) is 0 Å². The third-order valence-electron chi connectivity index (χ3n) is 3.12. The minimum atomic E-state index is 0.118. The number of ether oxygens (including phenoxy) is 1. The highest BCUT2D eigenvalue weighted by Crippen LogP contribution is 2.19. The zero-order valence-corrected chi connectivity index (χ0v) is 10.2. The molecule has 0 aliphatic heterocycles. The summed E-state index contributed by atoms with van der Waals surface area (Å²) in [4.78, 5) is 24.6. The molecule has 0 aromatic carbocycles. The number of hydrogen-bond donors (Lipinski definition) is 0. The average Bonchev–Trinajstić information content (AvgIpc) is 2.29. The van der Waals surface area contributed by atoms with E-state index in [1.54, 1.807) is 4.90 Å². The summed E-state index contributed by atoms with van der Waals surface area (Å²) in [6.45, 7) is 3.06. The van der Waals surface area contributed by atoms with Crippen LogP contribution in [0.2, 0.25) is 0 Å². The molecule has 0 spiro atoms. The molecule has 1 fully saturated rings. The van der Waals surface area contributed by atoms with Crippen LogP contribution in [-0.2, 0) is 14.3 Å². The molecular formula is C12H21NO3. The first-order valence-corrected chi connectivity index (χ1v) is 6.00. The molecule has 16 heavy (non-hydrogen) atoms. The summed E-state index contributed by atoms with van der Waals surface area (Å²) in [5.41, 5.74) is 0. The number of Topliss-reactive ketones (excluding diaryl/α,β-unsaturated/α-hetero) is 1. The van der Waals surface area contributed by atoms with E-state index in [0.717, 1.165) is 12.8 Å². The van der Waals surface area contributed by atoms with Crippen LogP contribution in [-0.4, -0.2) is 42.9 Å². The van der Waals surface area contributed by atoms with Crippen LogP contribution in [0.1, 0.15) is 39.0 Å². The van der Waals surface area contributed by atoms with Crippen LogP contribution >= 0.6 is 0 Å². The zero-order valence-electron chi connectivity index (χ0n) is 10.2. The Balaban J connectivity index is 2.29. The molecule has 0 aromatic heterocycles. The highest BCUT2D eigenvalue weighted by Gasteiger charge is 2.24. The molecule has 4 heteroatoms. The molecule has 0 unspecified atom stereocenters. The van der Waals surface area contributed by atoms with E-state index in [1.807, 2.05) is 14.0 Å². The van der Waals surface area contributed by atoms with Gasteiger partial charge in [0.1, 0.15) is 5.78 Å². The lowest BCUT2D eigenvalue weighted by atomic mass is 9.93. The average molecular weight is 227 g/mol. The van der Waals surface area contributed by atoms with Crippen molar-refractivity contribution in [2.75, 3.05) is 20.3 Å². The predicted molar refractivity (Wildman–Crippen MR) is 61.1 cm³/mol. The summed E-state index contributed by atoms with van der Waals surface area (Å²) < 4.78 is 5.16. The lowest BCUT2D eigenvalue weighted by Gasteiger charge is -2.30. The monoisotopic (exact) mass is 227 g/mol. The summed E-state index contributed by atoms with van der Waals surface area (Å²) in [7, 11) is 1.83. The Morgan fingerprint density at radius 2 is 2.06 bits per heavy atom. The van der Waals surface area contributed by atoms with Crippen LogP contribution in [0, 0.1) is 0 Å². The van der Waals surface area contributed by atoms with Crippen molar-refractivity contribution < 1.29 is 14.3 Å². The minimum absolute atomic E-state index is 0.118.